The molecule has 0 saturated heterocycles. The molecule has 2 aromatic carbocycles. The van der Waals surface area contributed by atoms with Crippen LogP contribution >= 0.6 is 0 Å². The molecule has 0 spiro atoms. The normalized spacial score (nSPS) is 11.7. The summed E-state index contributed by atoms with van der Waals surface area (Å²) in [7, 11) is 0. The van der Waals surface area contributed by atoms with Gasteiger partial charge in [-0.2, -0.15) is 0 Å². The SMILES string of the molecule is CC(C)Nc1ncc(-c2cc(NC(=O)OC(C)(C)C)cc(-c3ccccc3)c2)n(CC(=O)OC(C)(C)C)c1=O. The molecule has 1 aromatic heterocycles. The Labute approximate surface area is 229 Å². The van der Waals surface area contributed by atoms with Crippen LogP contribution in [-0.2, 0) is 20.8 Å². The number of hydrogen-bond acceptors (Lipinski definition) is 7. The molecule has 0 radical (unpaired) electrons. The molecule has 0 saturated carbocycles. The molecule has 1 amide bonds. The molecular formula is C30H38N4O5. The summed E-state index contributed by atoms with van der Waals surface area (Å²) in [5.74, 6) is -0.428. The Bertz CT molecular complexity index is 1380. The van der Waals surface area contributed by atoms with Crippen LogP contribution in [0.5, 0.6) is 0 Å². The number of nitrogens with zero attached hydrogens (tertiary/aromatic N) is 2. The third kappa shape index (κ3) is 8.70. The third-order valence-corrected chi connectivity index (χ3v) is 5.17. The van der Waals surface area contributed by atoms with Crippen molar-refractivity contribution in [3.63, 3.8) is 0 Å². The van der Waals surface area contributed by atoms with E-state index in [1.165, 1.54) is 10.8 Å². The molecule has 1 heterocycles. The molecule has 39 heavy (non-hydrogen) atoms. The van der Waals surface area contributed by atoms with E-state index in [9.17, 15) is 14.4 Å². The van der Waals surface area contributed by atoms with Gasteiger partial charge in [0.1, 0.15) is 17.7 Å². The number of anilines is 2. The van der Waals surface area contributed by atoms with Gasteiger partial charge in [0.25, 0.3) is 5.56 Å². The topological polar surface area (TPSA) is 112 Å². The fourth-order valence-electron chi connectivity index (χ4n) is 3.82. The molecule has 0 aliphatic heterocycles. The lowest BCUT2D eigenvalue weighted by atomic mass is 10.0. The first-order valence-corrected chi connectivity index (χ1v) is 12.9. The van der Waals surface area contributed by atoms with Crippen LogP contribution in [0.3, 0.4) is 0 Å². The van der Waals surface area contributed by atoms with E-state index < -0.39 is 28.8 Å². The van der Waals surface area contributed by atoms with Gasteiger partial charge in [0.15, 0.2) is 5.82 Å². The zero-order valence-electron chi connectivity index (χ0n) is 23.9. The van der Waals surface area contributed by atoms with Crippen molar-refractivity contribution in [1.29, 1.82) is 0 Å². The standard InChI is InChI=1S/C30H38N4O5/c1-19(2)32-26-27(36)34(18-25(35)38-29(3,4)5)24(17-31-26)22-14-21(20-12-10-9-11-13-20)15-23(16-22)33-28(37)39-30(6,7)8/h9-17,19H,18H2,1-8H3,(H,31,32)(H,33,37). The molecule has 2 N–H and O–H groups in total. The zero-order chi connectivity index (χ0) is 29.0. The van der Waals surface area contributed by atoms with Crippen LogP contribution in [0.15, 0.2) is 59.5 Å². The van der Waals surface area contributed by atoms with Crippen LogP contribution in [0.1, 0.15) is 55.4 Å². The summed E-state index contributed by atoms with van der Waals surface area (Å²) in [5, 5.41) is 5.83. The van der Waals surface area contributed by atoms with Crippen molar-refractivity contribution >= 4 is 23.6 Å². The summed E-state index contributed by atoms with van der Waals surface area (Å²) in [6, 6.07) is 15.0. The molecular weight excluding hydrogens is 496 g/mol. The molecule has 9 heteroatoms. The average molecular weight is 535 g/mol. The van der Waals surface area contributed by atoms with Crippen molar-refractivity contribution < 1.29 is 19.1 Å². The van der Waals surface area contributed by atoms with E-state index in [-0.39, 0.29) is 18.4 Å². The molecule has 0 aliphatic rings. The number of carbonyl (C=O) groups is 2. The lowest BCUT2D eigenvalue weighted by molar-refractivity contribution is -0.155. The Morgan fingerprint density at radius 1 is 0.897 bits per heavy atom. The number of aromatic nitrogens is 2. The van der Waals surface area contributed by atoms with Gasteiger partial charge in [-0.25, -0.2) is 9.78 Å². The van der Waals surface area contributed by atoms with E-state index >= 15 is 0 Å². The minimum absolute atomic E-state index is 0.0444. The number of nitrogens with one attached hydrogen (secondary N) is 2. The predicted molar refractivity (Wildman–Crippen MR) is 154 cm³/mol. The van der Waals surface area contributed by atoms with E-state index in [1.54, 1.807) is 47.6 Å². The highest BCUT2D eigenvalue weighted by atomic mass is 16.6. The molecule has 9 nitrogen and oxygen atoms in total. The highest BCUT2D eigenvalue weighted by Gasteiger charge is 2.22. The van der Waals surface area contributed by atoms with Gasteiger partial charge in [-0.15, -0.1) is 0 Å². The van der Waals surface area contributed by atoms with Crippen LogP contribution in [0.2, 0.25) is 0 Å². The highest BCUT2D eigenvalue weighted by Crippen LogP contribution is 2.31. The fourth-order valence-corrected chi connectivity index (χ4v) is 3.82. The number of ether oxygens (including phenoxy) is 2. The second kappa shape index (κ2) is 11.7. The molecule has 0 unspecified atom stereocenters. The first kappa shape index (κ1) is 29.4. The average Bonchev–Trinajstić information content (AvgIpc) is 2.79. The first-order valence-electron chi connectivity index (χ1n) is 12.9. The monoisotopic (exact) mass is 534 g/mol. The summed E-state index contributed by atoms with van der Waals surface area (Å²) in [4.78, 5) is 43.3. The molecule has 3 rings (SSSR count). The van der Waals surface area contributed by atoms with Crippen LogP contribution < -0.4 is 16.2 Å². The van der Waals surface area contributed by atoms with Crippen molar-refractivity contribution in [3.8, 4) is 22.4 Å². The van der Waals surface area contributed by atoms with Crippen molar-refractivity contribution in [2.75, 3.05) is 10.6 Å². The van der Waals surface area contributed by atoms with E-state index in [0.29, 0.717) is 16.9 Å². The maximum absolute atomic E-state index is 13.5. The molecule has 0 fully saturated rings. The minimum atomic E-state index is -0.718. The Hall–Kier alpha value is -4.14. The minimum Gasteiger partial charge on any atom is -0.459 e. The van der Waals surface area contributed by atoms with Gasteiger partial charge in [-0.1, -0.05) is 30.3 Å². The maximum Gasteiger partial charge on any atom is 0.412 e. The second-order valence-corrected chi connectivity index (χ2v) is 11.6. The van der Waals surface area contributed by atoms with Crippen molar-refractivity contribution in [1.82, 2.24) is 9.55 Å². The largest absolute Gasteiger partial charge is 0.459 e. The fraction of sp³-hybridized carbons (Fsp3) is 0.400. The van der Waals surface area contributed by atoms with Gasteiger partial charge in [0.2, 0.25) is 0 Å². The molecule has 0 aliphatic carbocycles. The predicted octanol–water partition coefficient (Wildman–Crippen LogP) is 6.09. The molecule has 0 bridgehead atoms. The van der Waals surface area contributed by atoms with Crippen LogP contribution in [0, 0.1) is 0 Å². The Kier molecular flexibility index (Phi) is 8.84. The summed E-state index contributed by atoms with van der Waals surface area (Å²) in [5.41, 5.74) is 1.27. The van der Waals surface area contributed by atoms with Crippen molar-refractivity contribution in [2.24, 2.45) is 0 Å². The summed E-state index contributed by atoms with van der Waals surface area (Å²) in [6.45, 7) is 14.1. The number of hydrogen-bond donors (Lipinski definition) is 2. The van der Waals surface area contributed by atoms with Crippen LogP contribution in [-0.4, -0.2) is 38.9 Å². The van der Waals surface area contributed by atoms with Gasteiger partial charge in [0, 0.05) is 17.3 Å². The first-order chi connectivity index (χ1) is 18.1. The van der Waals surface area contributed by atoms with E-state index in [2.05, 4.69) is 15.6 Å². The summed E-state index contributed by atoms with van der Waals surface area (Å²) in [6.07, 6.45) is 0.928. The number of carbonyl (C=O) groups excluding carboxylic acids is 2. The lowest BCUT2D eigenvalue weighted by Gasteiger charge is -2.22. The van der Waals surface area contributed by atoms with Gasteiger partial charge in [-0.05, 0) is 84.7 Å². The zero-order valence-corrected chi connectivity index (χ0v) is 23.9. The Balaban J connectivity index is 2.18. The Morgan fingerprint density at radius 2 is 1.51 bits per heavy atom. The van der Waals surface area contributed by atoms with E-state index in [0.717, 1.165) is 11.1 Å². The quantitative estimate of drug-likeness (QED) is 0.353. The number of amides is 1. The van der Waals surface area contributed by atoms with Crippen molar-refractivity contribution in [3.05, 3.63) is 65.1 Å². The highest BCUT2D eigenvalue weighted by molar-refractivity contribution is 5.88. The van der Waals surface area contributed by atoms with E-state index in [4.69, 9.17) is 9.47 Å². The smallest absolute Gasteiger partial charge is 0.412 e. The van der Waals surface area contributed by atoms with Gasteiger partial charge in [0.05, 0.1) is 11.9 Å². The maximum atomic E-state index is 13.5. The second-order valence-electron chi connectivity index (χ2n) is 11.6. The number of rotatable bonds is 7. The van der Waals surface area contributed by atoms with Gasteiger partial charge < -0.3 is 14.8 Å². The van der Waals surface area contributed by atoms with Crippen LogP contribution in [0.25, 0.3) is 22.4 Å². The van der Waals surface area contributed by atoms with E-state index in [1.807, 2.05) is 56.3 Å². The van der Waals surface area contributed by atoms with Gasteiger partial charge >= 0.3 is 12.1 Å². The third-order valence-electron chi connectivity index (χ3n) is 5.17. The lowest BCUT2D eigenvalue weighted by Crippen LogP contribution is -2.33. The Morgan fingerprint density at radius 3 is 2.10 bits per heavy atom. The molecule has 3 aromatic rings. The number of benzene rings is 2. The summed E-state index contributed by atoms with van der Waals surface area (Å²) >= 11 is 0. The molecule has 0 atom stereocenters. The number of esters is 1. The van der Waals surface area contributed by atoms with Crippen LogP contribution in [0.4, 0.5) is 16.3 Å². The van der Waals surface area contributed by atoms with Gasteiger partial charge in [-0.3, -0.25) is 19.5 Å². The molecule has 208 valence electrons. The summed E-state index contributed by atoms with van der Waals surface area (Å²) < 4.78 is 12.3. The van der Waals surface area contributed by atoms with Crippen molar-refractivity contribution in [2.45, 2.75) is 79.2 Å².